The van der Waals surface area contributed by atoms with E-state index in [1.807, 2.05) is 0 Å². The normalized spacial score (nSPS) is 10.2. The van der Waals surface area contributed by atoms with E-state index in [0.717, 1.165) is 10.2 Å². The van der Waals surface area contributed by atoms with E-state index in [9.17, 15) is 4.79 Å². The SMILES string of the molecule is Cc1[nH]ncc1C(=O)Nc1ccc(Br)c(N)c1. The zero-order valence-electron chi connectivity index (χ0n) is 9.12. The minimum atomic E-state index is -0.210. The van der Waals surface area contributed by atoms with Gasteiger partial charge in [-0.25, -0.2) is 0 Å². The second kappa shape index (κ2) is 4.58. The zero-order valence-corrected chi connectivity index (χ0v) is 10.7. The molecule has 88 valence electrons. The number of hydrogen-bond donors (Lipinski definition) is 3. The summed E-state index contributed by atoms with van der Waals surface area (Å²) in [6, 6.07) is 5.25. The number of rotatable bonds is 2. The van der Waals surface area contributed by atoms with Crippen molar-refractivity contribution in [3.8, 4) is 0 Å². The molecule has 0 spiro atoms. The molecule has 5 nitrogen and oxygen atoms in total. The molecule has 0 aliphatic carbocycles. The molecule has 0 fully saturated rings. The number of aryl methyl sites for hydroxylation is 1. The fourth-order valence-corrected chi connectivity index (χ4v) is 1.65. The van der Waals surface area contributed by atoms with Gasteiger partial charge in [0.2, 0.25) is 0 Å². The zero-order chi connectivity index (χ0) is 12.4. The van der Waals surface area contributed by atoms with Gasteiger partial charge in [-0.15, -0.1) is 0 Å². The topological polar surface area (TPSA) is 83.8 Å². The third-order valence-corrected chi connectivity index (χ3v) is 3.05. The lowest BCUT2D eigenvalue weighted by atomic mass is 10.2. The predicted molar refractivity (Wildman–Crippen MR) is 69.8 cm³/mol. The highest BCUT2D eigenvalue weighted by atomic mass is 79.9. The molecule has 0 radical (unpaired) electrons. The van der Waals surface area contributed by atoms with Crippen LogP contribution in [-0.4, -0.2) is 16.1 Å². The van der Waals surface area contributed by atoms with Crippen LogP contribution in [0.25, 0.3) is 0 Å². The van der Waals surface area contributed by atoms with Crippen molar-refractivity contribution in [3.63, 3.8) is 0 Å². The highest BCUT2D eigenvalue weighted by Gasteiger charge is 2.11. The fourth-order valence-electron chi connectivity index (χ4n) is 1.40. The monoisotopic (exact) mass is 294 g/mol. The molecule has 1 aromatic heterocycles. The van der Waals surface area contributed by atoms with Crippen LogP contribution in [0.2, 0.25) is 0 Å². The second-order valence-electron chi connectivity index (χ2n) is 3.60. The van der Waals surface area contributed by atoms with Gasteiger partial charge in [0.25, 0.3) is 5.91 Å². The molecular weight excluding hydrogens is 284 g/mol. The van der Waals surface area contributed by atoms with Crippen molar-refractivity contribution in [3.05, 3.63) is 40.1 Å². The molecule has 6 heteroatoms. The maximum absolute atomic E-state index is 11.9. The van der Waals surface area contributed by atoms with Crippen molar-refractivity contribution in [1.82, 2.24) is 10.2 Å². The number of nitrogens with one attached hydrogen (secondary N) is 2. The van der Waals surface area contributed by atoms with Gasteiger partial charge in [-0.05, 0) is 41.1 Å². The van der Waals surface area contributed by atoms with Gasteiger partial charge in [0.15, 0.2) is 0 Å². The van der Waals surface area contributed by atoms with Crippen molar-refractivity contribution in [2.24, 2.45) is 0 Å². The van der Waals surface area contributed by atoms with Gasteiger partial charge in [0.05, 0.1) is 11.8 Å². The molecule has 0 bridgehead atoms. The first-order valence-corrected chi connectivity index (χ1v) is 5.73. The molecule has 0 aliphatic rings. The molecule has 2 rings (SSSR count). The van der Waals surface area contributed by atoms with Crippen LogP contribution in [-0.2, 0) is 0 Å². The maximum atomic E-state index is 11.9. The van der Waals surface area contributed by atoms with Crippen LogP contribution >= 0.6 is 15.9 Å². The number of aromatic nitrogens is 2. The second-order valence-corrected chi connectivity index (χ2v) is 4.45. The summed E-state index contributed by atoms with van der Waals surface area (Å²) in [4.78, 5) is 11.9. The lowest BCUT2D eigenvalue weighted by molar-refractivity contribution is 0.102. The van der Waals surface area contributed by atoms with Gasteiger partial charge in [-0.3, -0.25) is 9.89 Å². The number of aromatic amines is 1. The smallest absolute Gasteiger partial charge is 0.259 e. The number of H-pyrrole nitrogens is 1. The van der Waals surface area contributed by atoms with Crippen LogP contribution in [0.15, 0.2) is 28.9 Å². The van der Waals surface area contributed by atoms with Crippen molar-refractivity contribution in [1.29, 1.82) is 0 Å². The number of carbonyl (C=O) groups is 1. The number of carbonyl (C=O) groups excluding carboxylic acids is 1. The van der Waals surface area contributed by atoms with E-state index in [2.05, 4.69) is 31.4 Å². The third-order valence-electron chi connectivity index (χ3n) is 2.33. The number of halogens is 1. The molecule has 1 heterocycles. The van der Waals surface area contributed by atoms with Crippen LogP contribution in [0.5, 0.6) is 0 Å². The van der Waals surface area contributed by atoms with Crippen molar-refractivity contribution in [2.45, 2.75) is 6.92 Å². The van der Waals surface area contributed by atoms with Crippen LogP contribution in [0, 0.1) is 6.92 Å². The fraction of sp³-hybridized carbons (Fsp3) is 0.0909. The summed E-state index contributed by atoms with van der Waals surface area (Å²) in [6.45, 7) is 1.79. The molecule has 17 heavy (non-hydrogen) atoms. The molecular formula is C11H11BrN4O. The average molecular weight is 295 g/mol. The maximum Gasteiger partial charge on any atom is 0.259 e. The minimum absolute atomic E-state index is 0.210. The molecule has 1 amide bonds. The number of benzene rings is 1. The van der Waals surface area contributed by atoms with Crippen LogP contribution < -0.4 is 11.1 Å². The van der Waals surface area contributed by atoms with Gasteiger partial charge in [-0.2, -0.15) is 5.10 Å². The van der Waals surface area contributed by atoms with Gasteiger partial charge in [0.1, 0.15) is 0 Å². The molecule has 1 aromatic carbocycles. The van der Waals surface area contributed by atoms with Crippen LogP contribution in [0.1, 0.15) is 16.1 Å². The van der Waals surface area contributed by atoms with E-state index in [-0.39, 0.29) is 5.91 Å². The highest BCUT2D eigenvalue weighted by Crippen LogP contribution is 2.23. The lowest BCUT2D eigenvalue weighted by Crippen LogP contribution is -2.12. The van der Waals surface area contributed by atoms with Crippen molar-refractivity contribution < 1.29 is 4.79 Å². The lowest BCUT2D eigenvalue weighted by Gasteiger charge is -2.06. The number of nitrogen functional groups attached to an aromatic ring is 1. The molecule has 0 saturated carbocycles. The Bertz CT molecular complexity index is 564. The Morgan fingerprint density at radius 2 is 2.29 bits per heavy atom. The molecule has 0 atom stereocenters. The minimum Gasteiger partial charge on any atom is -0.398 e. The standard InChI is InChI=1S/C11H11BrN4O/c1-6-8(5-14-16-6)11(17)15-7-2-3-9(12)10(13)4-7/h2-5H,13H2,1H3,(H,14,16)(H,15,17). The molecule has 0 saturated heterocycles. The van der Waals surface area contributed by atoms with E-state index < -0.39 is 0 Å². The first kappa shape index (κ1) is 11.7. The third kappa shape index (κ3) is 2.47. The summed E-state index contributed by atoms with van der Waals surface area (Å²) in [5, 5.41) is 9.26. The van der Waals surface area contributed by atoms with Gasteiger partial charge in [-0.1, -0.05) is 0 Å². The Labute approximate surface area is 107 Å². The van der Waals surface area contributed by atoms with Crippen molar-refractivity contribution in [2.75, 3.05) is 11.1 Å². The molecule has 2 aromatic rings. The van der Waals surface area contributed by atoms with E-state index in [1.165, 1.54) is 6.20 Å². The van der Waals surface area contributed by atoms with Gasteiger partial charge < -0.3 is 11.1 Å². The van der Waals surface area contributed by atoms with E-state index >= 15 is 0 Å². The Morgan fingerprint density at radius 1 is 1.53 bits per heavy atom. The van der Waals surface area contributed by atoms with E-state index in [0.29, 0.717) is 16.9 Å². The summed E-state index contributed by atoms with van der Waals surface area (Å²) in [5.74, 6) is -0.210. The van der Waals surface area contributed by atoms with E-state index in [4.69, 9.17) is 5.73 Å². The molecule has 4 N–H and O–H groups in total. The summed E-state index contributed by atoms with van der Waals surface area (Å²) in [6.07, 6.45) is 1.49. The Morgan fingerprint density at radius 3 is 2.88 bits per heavy atom. The molecule has 0 aliphatic heterocycles. The van der Waals surface area contributed by atoms with Crippen LogP contribution in [0.4, 0.5) is 11.4 Å². The molecule has 0 unspecified atom stereocenters. The first-order valence-electron chi connectivity index (χ1n) is 4.94. The number of hydrogen-bond acceptors (Lipinski definition) is 3. The summed E-state index contributed by atoms with van der Waals surface area (Å²) in [5.41, 5.74) is 8.20. The van der Waals surface area contributed by atoms with Gasteiger partial charge in [0, 0.05) is 21.5 Å². The highest BCUT2D eigenvalue weighted by molar-refractivity contribution is 9.10. The summed E-state index contributed by atoms with van der Waals surface area (Å²) >= 11 is 3.29. The Kier molecular flexibility index (Phi) is 3.14. The largest absolute Gasteiger partial charge is 0.398 e. The number of anilines is 2. The quantitative estimate of drug-likeness (QED) is 0.743. The average Bonchev–Trinajstić information content (AvgIpc) is 2.70. The summed E-state index contributed by atoms with van der Waals surface area (Å²) < 4.78 is 0.801. The number of nitrogens with zero attached hydrogens (tertiary/aromatic N) is 1. The predicted octanol–water partition coefficient (Wildman–Crippen LogP) is 2.32. The summed E-state index contributed by atoms with van der Waals surface area (Å²) in [7, 11) is 0. The number of nitrogens with two attached hydrogens (primary N) is 1. The number of amides is 1. The Balaban J connectivity index is 2.19. The van der Waals surface area contributed by atoms with Gasteiger partial charge >= 0.3 is 0 Å². The first-order chi connectivity index (χ1) is 8.08. The van der Waals surface area contributed by atoms with E-state index in [1.54, 1.807) is 25.1 Å². The van der Waals surface area contributed by atoms with Crippen molar-refractivity contribution >= 4 is 33.2 Å². The Hall–Kier alpha value is -1.82. The van der Waals surface area contributed by atoms with Crippen LogP contribution in [0.3, 0.4) is 0 Å².